The molecule has 0 aliphatic heterocycles. The molecule has 1 aliphatic carbocycles. The second-order valence-corrected chi connectivity index (χ2v) is 4.99. The van der Waals surface area contributed by atoms with Crippen LogP contribution >= 0.6 is 0 Å². The van der Waals surface area contributed by atoms with Crippen molar-refractivity contribution in [1.29, 1.82) is 0 Å². The number of H-pyrrole nitrogens is 1. The monoisotopic (exact) mass is 280 g/mol. The molecule has 1 aromatic carbocycles. The Morgan fingerprint density at radius 3 is 3.00 bits per heavy atom. The van der Waals surface area contributed by atoms with Gasteiger partial charge in [0.25, 0.3) is 5.91 Å². The van der Waals surface area contributed by atoms with E-state index in [9.17, 15) is 4.79 Å². The molecule has 4 nitrogen and oxygen atoms in total. The molecular weight excluding hydrogens is 264 g/mol. The second-order valence-electron chi connectivity index (χ2n) is 4.99. The van der Waals surface area contributed by atoms with Gasteiger partial charge in [0.2, 0.25) is 0 Å². The fourth-order valence-corrected chi connectivity index (χ4v) is 2.73. The Morgan fingerprint density at radius 2 is 2.24 bits per heavy atom. The zero-order valence-electron chi connectivity index (χ0n) is 11.5. The minimum atomic E-state index is -0.176. The van der Waals surface area contributed by atoms with Gasteiger partial charge in [-0.3, -0.25) is 4.79 Å². The Labute approximate surface area is 123 Å². The molecule has 1 aromatic heterocycles. The quantitative estimate of drug-likeness (QED) is 0.842. The summed E-state index contributed by atoms with van der Waals surface area (Å²) >= 11 is 0. The summed E-state index contributed by atoms with van der Waals surface area (Å²) in [6.45, 7) is 0.244. The molecule has 1 aliphatic rings. The number of terminal acetylenes is 1. The summed E-state index contributed by atoms with van der Waals surface area (Å²) in [5.74, 6) is 2.34. The van der Waals surface area contributed by atoms with E-state index in [1.54, 1.807) is 18.3 Å². The third-order valence-electron chi connectivity index (χ3n) is 3.69. The fourth-order valence-electron chi connectivity index (χ4n) is 2.73. The minimum absolute atomic E-state index is 0.127. The Hall–Kier alpha value is -2.51. The van der Waals surface area contributed by atoms with Gasteiger partial charge >= 0.3 is 0 Å². The molecule has 1 heterocycles. The maximum absolute atomic E-state index is 12.3. The number of benzene rings is 1. The van der Waals surface area contributed by atoms with Crippen LogP contribution in [-0.2, 0) is 11.2 Å². The van der Waals surface area contributed by atoms with E-state index in [-0.39, 0.29) is 24.7 Å². The first-order valence-electron chi connectivity index (χ1n) is 6.86. The third kappa shape index (κ3) is 2.69. The summed E-state index contributed by atoms with van der Waals surface area (Å²) < 4.78 is 5.70. The average Bonchev–Trinajstić information content (AvgIpc) is 3.14. The Kier molecular flexibility index (Phi) is 3.76. The van der Waals surface area contributed by atoms with Crippen LogP contribution in [0.3, 0.4) is 0 Å². The van der Waals surface area contributed by atoms with E-state index in [2.05, 4.69) is 22.3 Å². The molecule has 0 spiro atoms. The van der Waals surface area contributed by atoms with E-state index in [0.29, 0.717) is 5.69 Å². The van der Waals surface area contributed by atoms with Crippen molar-refractivity contribution in [3.63, 3.8) is 0 Å². The lowest BCUT2D eigenvalue weighted by Crippen LogP contribution is -2.35. The Bertz CT molecular complexity index is 670. The van der Waals surface area contributed by atoms with E-state index < -0.39 is 0 Å². The largest absolute Gasteiger partial charge is 0.363 e. The summed E-state index contributed by atoms with van der Waals surface area (Å²) in [4.78, 5) is 15.2. The molecule has 2 aromatic rings. The number of hydrogen-bond acceptors (Lipinski definition) is 2. The van der Waals surface area contributed by atoms with Gasteiger partial charge in [0, 0.05) is 12.6 Å². The first-order valence-corrected chi connectivity index (χ1v) is 6.86. The number of aromatic amines is 1. The number of nitrogens with one attached hydrogen (secondary N) is 2. The molecule has 2 N–H and O–H groups in total. The molecule has 106 valence electrons. The van der Waals surface area contributed by atoms with Crippen LogP contribution in [0.15, 0.2) is 42.6 Å². The number of carbonyl (C=O) groups excluding carboxylic acids is 1. The fraction of sp³-hybridized carbons (Fsp3) is 0.235. The topological polar surface area (TPSA) is 54.1 Å². The molecule has 0 saturated carbocycles. The molecule has 0 saturated heterocycles. The zero-order chi connectivity index (χ0) is 14.7. The van der Waals surface area contributed by atoms with Crippen molar-refractivity contribution in [2.45, 2.75) is 18.6 Å². The number of aromatic nitrogens is 1. The number of fused-ring (bicyclic) bond motifs is 1. The van der Waals surface area contributed by atoms with E-state index in [0.717, 1.165) is 12.0 Å². The smallest absolute Gasteiger partial charge is 0.268 e. The highest BCUT2D eigenvalue weighted by Gasteiger charge is 2.34. The first kappa shape index (κ1) is 13.5. The molecule has 0 fully saturated rings. The van der Waals surface area contributed by atoms with Crippen molar-refractivity contribution in [2.24, 2.45) is 0 Å². The number of amides is 1. The van der Waals surface area contributed by atoms with Gasteiger partial charge in [-0.05, 0) is 23.3 Å². The normalized spacial score (nSPS) is 19.8. The standard InChI is InChI=1S/C17H16N2O2/c1-2-10-21-15-11-12-6-3-4-7-13(12)16(15)19-17(20)14-8-5-9-18-14/h1,3-9,15-16,18H,10-11H2,(H,19,20)/t15-,16+/m1/s1. The molecule has 0 unspecified atom stereocenters. The van der Waals surface area contributed by atoms with Crippen LogP contribution in [0, 0.1) is 12.3 Å². The van der Waals surface area contributed by atoms with Crippen molar-refractivity contribution in [3.05, 3.63) is 59.4 Å². The summed E-state index contributed by atoms with van der Waals surface area (Å²) in [6, 6.07) is 11.4. The minimum Gasteiger partial charge on any atom is -0.363 e. The van der Waals surface area contributed by atoms with Gasteiger partial charge < -0.3 is 15.0 Å². The second kappa shape index (κ2) is 5.86. The Morgan fingerprint density at radius 1 is 1.38 bits per heavy atom. The van der Waals surface area contributed by atoms with E-state index in [1.807, 2.05) is 18.2 Å². The van der Waals surface area contributed by atoms with Gasteiger partial charge in [-0.25, -0.2) is 0 Å². The number of ether oxygens (including phenoxy) is 1. The highest BCUT2D eigenvalue weighted by molar-refractivity contribution is 5.92. The van der Waals surface area contributed by atoms with Crippen LogP contribution in [0.2, 0.25) is 0 Å². The van der Waals surface area contributed by atoms with E-state index in [1.165, 1.54) is 5.56 Å². The number of rotatable bonds is 4. The van der Waals surface area contributed by atoms with Crippen molar-refractivity contribution >= 4 is 5.91 Å². The zero-order valence-corrected chi connectivity index (χ0v) is 11.5. The van der Waals surface area contributed by atoms with Gasteiger partial charge in [-0.1, -0.05) is 30.2 Å². The molecular formula is C17H16N2O2. The van der Waals surface area contributed by atoms with Crippen LogP contribution in [0.5, 0.6) is 0 Å². The van der Waals surface area contributed by atoms with Crippen LogP contribution in [0.25, 0.3) is 0 Å². The third-order valence-corrected chi connectivity index (χ3v) is 3.69. The molecule has 3 rings (SSSR count). The maximum Gasteiger partial charge on any atom is 0.268 e. The molecule has 2 atom stereocenters. The summed E-state index contributed by atoms with van der Waals surface area (Å²) in [6.07, 6.45) is 7.62. The van der Waals surface area contributed by atoms with Crippen LogP contribution < -0.4 is 5.32 Å². The number of carbonyl (C=O) groups is 1. The maximum atomic E-state index is 12.3. The van der Waals surface area contributed by atoms with Crippen LogP contribution in [0.4, 0.5) is 0 Å². The summed E-state index contributed by atoms with van der Waals surface area (Å²) in [5.41, 5.74) is 2.82. The predicted molar refractivity (Wildman–Crippen MR) is 79.7 cm³/mol. The van der Waals surface area contributed by atoms with Crippen molar-refractivity contribution in [2.75, 3.05) is 6.61 Å². The van der Waals surface area contributed by atoms with Gasteiger partial charge in [0.1, 0.15) is 12.3 Å². The highest BCUT2D eigenvalue weighted by atomic mass is 16.5. The number of hydrogen-bond donors (Lipinski definition) is 2. The average molecular weight is 280 g/mol. The van der Waals surface area contributed by atoms with E-state index >= 15 is 0 Å². The van der Waals surface area contributed by atoms with Crippen molar-refractivity contribution in [1.82, 2.24) is 10.3 Å². The molecule has 1 amide bonds. The SMILES string of the molecule is C#CCO[C@@H]1Cc2ccccc2[C@@H]1NC(=O)c1ccc[nH]1. The summed E-state index contributed by atoms with van der Waals surface area (Å²) in [5, 5.41) is 3.03. The van der Waals surface area contributed by atoms with Gasteiger partial charge in [-0.2, -0.15) is 0 Å². The first-order chi connectivity index (χ1) is 10.3. The van der Waals surface area contributed by atoms with Crippen molar-refractivity contribution < 1.29 is 9.53 Å². The molecule has 0 bridgehead atoms. The van der Waals surface area contributed by atoms with E-state index in [4.69, 9.17) is 11.2 Å². The van der Waals surface area contributed by atoms with Crippen LogP contribution in [-0.4, -0.2) is 23.6 Å². The lowest BCUT2D eigenvalue weighted by molar-refractivity contribution is 0.0522. The Balaban J connectivity index is 1.82. The predicted octanol–water partition coefficient (Wildman–Crippen LogP) is 2.06. The molecule has 4 heteroatoms. The van der Waals surface area contributed by atoms with Crippen molar-refractivity contribution in [3.8, 4) is 12.3 Å². The van der Waals surface area contributed by atoms with Gasteiger partial charge in [0.15, 0.2) is 0 Å². The molecule has 0 radical (unpaired) electrons. The lowest BCUT2D eigenvalue weighted by Gasteiger charge is -2.21. The highest BCUT2D eigenvalue weighted by Crippen LogP contribution is 2.33. The summed E-state index contributed by atoms with van der Waals surface area (Å²) in [7, 11) is 0. The lowest BCUT2D eigenvalue weighted by atomic mass is 10.1. The van der Waals surface area contributed by atoms with Gasteiger partial charge in [-0.15, -0.1) is 6.42 Å². The van der Waals surface area contributed by atoms with Crippen LogP contribution in [0.1, 0.15) is 27.7 Å². The molecule has 21 heavy (non-hydrogen) atoms. The van der Waals surface area contributed by atoms with Gasteiger partial charge in [0.05, 0.1) is 12.1 Å².